The van der Waals surface area contributed by atoms with Crippen molar-refractivity contribution in [1.29, 1.82) is 0 Å². The number of nitrogens with zero attached hydrogens (tertiary/aromatic N) is 2. The number of aryl methyl sites for hydroxylation is 1. The summed E-state index contributed by atoms with van der Waals surface area (Å²) in [6, 6.07) is 15.2. The molecule has 0 spiro atoms. The molecule has 0 saturated carbocycles. The molecule has 2 heterocycles. The van der Waals surface area contributed by atoms with Gasteiger partial charge in [-0.1, -0.05) is 0 Å². The molecule has 132 valence electrons. The third-order valence-corrected chi connectivity index (χ3v) is 3.85. The van der Waals surface area contributed by atoms with Gasteiger partial charge in [-0.15, -0.1) is 0 Å². The van der Waals surface area contributed by atoms with Gasteiger partial charge in [0.25, 0.3) is 0 Å². The average molecular weight is 350 g/mol. The van der Waals surface area contributed by atoms with E-state index >= 15 is 0 Å². The van der Waals surface area contributed by atoms with Gasteiger partial charge in [0, 0.05) is 29.2 Å². The van der Waals surface area contributed by atoms with E-state index in [1.54, 1.807) is 7.11 Å². The molecule has 2 aromatic carbocycles. The molecule has 7 nitrogen and oxygen atoms in total. The Hall–Kier alpha value is -3.48. The number of ether oxygens (including phenoxy) is 3. The highest BCUT2D eigenvalue weighted by molar-refractivity contribution is 5.63. The van der Waals surface area contributed by atoms with Crippen LogP contribution in [0.1, 0.15) is 5.69 Å². The molecule has 0 unspecified atom stereocenters. The first-order valence-electron chi connectivity index (χ1n) is 8.13. The van der Waals surface area contributed by atoms with Gasteiger partial charge in [-0.2, -0.15) is 4.98 Å². The zero-order chi connectivity index (χ0) is 17.9. The summed E-state index contributed by atoms with van der Waals surface area (Å²) < 4.78 is 15.9. The molecule has 4 rings (SSSR count). The van der Waals surface area contributed by atoms with Gasteiger partial charge in [-0.3, -0.25) is 0 Å². The Kier molecular flexibility index (Phi) is 4.18. The maximum Gasteiger partial charge on any atom is 0.231 e. The van der Waals surface area contributed by atoms with E-state index in [0.29, 0.717) is 17.5 Å². The molecule has 0 atom stereocenters. The number of fused-ring (bicyclic) bond motifs is 1. The van der Waals surface area contributed by atoms with Gasteiger partial charge < -0.3 is 24.8 Å². The van der Waals surface area contributed by atoms with Crippen molar-refractivity contribution in [3.8, 4) is 17.2 Å². The number of anilines is 4. The summed E-state index contributed by atoms with van der Waals surface area (Å²) in [5.41, 5.74) is 2.59. The van der Waals surface area contributed by atoms with Gasteiger partial charge in [0.05, 0.1) is 7.11 Å². The largest absolute Gasteiger partial charge is 0.497 e. The molecule has 26 heavy (non-hydrogen) atoms. The minimum absolute atomic E-state index is 0.246. The maximum atomic E-state index is 5.40. The van der Waals surface area contributed by atoms with Crippen LogP contribution in [0.5, 0.6) is 17.2 Å². The average Bonchev–Trinajstić information content (AvgIpc) is 3.09. The Morgan fingerprint density at radius 3 is 2.46 bits per heavy atom. The Morgan fingerprint density at radius 2 is 1.65 bits per heavy atom. The smallest absolute Gasteiger partial charge is 0.231 e. The summed E-state index contributed by atoms with van der Waals surface area (Å²) in [7, 11) is 1.64. The van der Waals surface area contributed by atoms with Crippen LogP contribution in [0.15, 0.2) is 48.5 Å². The van der Waals surface area contributed by atoms with Gasteiger partial charge in [-0.25, -0.2) is 4.98 Å². The topological polar surface area (TPSA) is 77.5 Å². The first-order chi connectivity index (χ1) is 12.7. The summed E-state index contributed by atoms with van der Waals surface area (Å²) >= 11 is 0. The maximum absolute atomic E-state index is 5.40. The first kappa shape index (κ1) is 16.0. The van der Waals surface area contributed by atoms with E-state index in [1.807, 2.05) is 55.5 Å². The second-order valence-electron chi connectivity index (χ2n) is 5.76. The number of nitrogens with one attached hydrogen (secondary N) is 2. The third-order valence-electron chi connectivity index (χ3n) is 3.85. The van der Waals surface area contributed by atoms with Crippen LogP contribution in [0.4, 0.5) is 23.1 Å². The highest BCUT2D eigenvalue weighted by atomic mass is 16.7. The highest BCUT2D eigenvalue weighted by Gasteiger charge is 2.13. The monoisotopic (exact) mass is 350 g/mol. The molecule has 1 aliphatic rings. The summed E-state index contributed by atoms with van der Waals surface area (Å²) in [4.78, 5) is 8.96. The van der Waals surface area contributed by atoms with Crippen molar-refractivity contribution in [2.45, 2.75) is 6.92 Å². The molecule has 0 saturated heterocycles. The molecule has 0 amide bonds. The van der Waals surface area contributed by atoms with Crippen LogP contribution in [0.25, 0.3) is 0 Å². The van der Waals surface area contributed by atoms with Crippen molar-refractivity contribution in [3.05, 3.63) is 54.2 Å². The van der Waals surface area contributed by atoms with Gasteiger partial charge >= 0.3 is 0 Å². The molecular formula is C19H18N4O3. The fourth-order valence-corrected chi connectivity index (χ4v) is 2.61. The normalized spacial score (nSPS) is 11.9. The number of rotatable bonds is 5. The van der Waals surface area contributed by atoms with Crippen molar-refractivity contribution in [3.63, 3.8) is 0 Å². The second-order valence-corrected chi connectivity index (χ2v) is 5.76. The minimum atomic E-state index is 0.246. The summed E-state index contributed by atoms with van der Waals surface area (Å²) in [5.74, 6) is 3.45. The molecule has 0 radical (unpaired) electrons. The molecular weight excluding hydrogens is 332 g/mol. The van der Waals surface area contributed by atoms with Crippen molar-refractivity contribution < 1.29 is 14.2 Å². The Labute approximate surface area is 151 Å². The van der Waals surface area contributed by atoms with Crippen LogP contribution in [0.2, 0.25) is 0 Å². The van der Waals surface area contributed by atoms with Crippen molar-refractivity contribution in [2.75, 3.05) is 24.5 Å². The molecule has 2 N–H and O–H groups in total. The zero-order valence-electron chi connectivity index (χ0n) is 14.4. The summed E-state index contributed by atoms with van der Waals surface area (Å²) in [6.07, 6.45) is 0. The van der Waals surface area contributed by atoms with Crippen LogP contribution in [-0.2, 0) is 0 Å². The van der Waals surface area contributed by atoms with Gasteiger partial charge in [-0.05, 0) is 43.3 Å². The van der Waals surface area contributed by atoms with Gasteiger partial charge in [0.15, 0.2) is 11.5 Å². The Balaban J connectivity index is 1.53. The van der Waals surface area contributed by atoms with E-state index < -0.39 is 0 Å². The molecule has 0 bridgehead atoms. The molecule has 1 aromatic heterocycles. The van der Waals surface area contributed by atoms with Crippen molar-refractivity contribution in [1.82, 2.24) is 9.97 Å². The Morgan fingerprint density at radius 1 is 0.885 bits per heavy atom. The lowest BCUT2D eigenvalue weighted by Gasteiger charge is -2.11. The predicted octanol–water partition coefficient (Wildman–Crippen LogP) is 4.01. The number of aromatic nitrogens is 2. The second kappa shape index (κ2) is 6.79. The van der Waals surface area contributed by atoms with E-state index in [-0.39, 0.29) is 6.79 Å². The molecule has 7 heteroatoms. The van der Waals surface area contributed by atoms with Crippen LogP contribution in [0.3, 0.4) is 0 Å². The molecule has 0 aliphatic carbocycles. The predicted molar refractivity (Wildman–Crippen MR) is 98.9 cm³/mol. The van der Waals surface area contributed by atoms with Crippen LogP contribution < -0.4 is 24.8 Å². The minimum Gasteiger partial charge on any atom is -0.497 e. The summed E-state index contributed by atoms with van der Waals surface area (Å²) in [6.45, 7) is 2.17. The third kappa shape index (κ3) is 3.46. The van der Waals surface area contributed by atoms with Crippen molar-refractivity contribution in [2.24, 2.45) is 0 Å². The number of methoxy groups -OCH3 is 1. The van der Waals surface area contributed by atoms with Crippen LogP contribution in [0, 0.1) is 6.92 Å². The van der Waals surface area contributed by atoms with Crippen molar-refractivity contribution >= 4 is 23.1 Å². The highest BCUT2D eigenvalue weighted by Crippen LogP contribution is 2.34. The van der Waals surface area contributed by atoms with E-state index in [1.165, 1.54) is 0 Å². The quantitative estimate of drug-likeness (QED) is 0.720. The SMILES string of the molecule is COc1ccc(Nc2cc(C)nc(Nc3ccc4c(c3)OCO4)n2)cc1. The molecule has 1 aliphatic heterocycles. The lowest BCUT2D eigenvalue weighted by molar-refractivity contribution is 0.174. The molecule has 0 fully saturated rings. The van der Waals surface area contributed by atoms with Crippen LogP contribution in [-0.4, -0.2) is 23.9 Å². The van der Waals surface area contributed by atoms with E-state index in [4.69, 9.17) is 14.2 Å². The standard InChI is InChI=1S/C19H18N4O3/c1-12-9-18(21-13-3-6-15(24-2)7-4-13)23-19(20-12)22-14-5-8-16-17(10-14)26-11-25-16/h3-10H,11H2,1-2H3,(H2,20,21,22,23). The molecule has 3 aromatic rings. The van der Waals surface area contributed by atoms with E-state index in [0.717, 1.165) is 28.6 Å². The number of benzene rings is 2. The lowest BCUT2D eigenvalue weighted by Crippen LogP contribution is -2.02. The van der Waals surface area contributed by atoms with E-state index in [2.05, 4.69) is 20.6 Å². The number of hydrogen-bond acceptors (Lipinski definition) is 7. The zero-order valence-corrected chi connectivity index (χ0v) is 14.4. The van der Waals surface area contributed by atoms with E-state index in [9.17, 15) is 0 Å². The lowest BCUT2D eigenvalue weighted by atomic mass is 10.3. The summed E-state index contributed by atoms with van der Waals surface area (Å²) in [5, 5.41) is 6.47. The van der Waals surface area contributed by atoms with Gasteiger partial charge in [0.1, 0.15) is 11.6 Å². The Bertz CT molecular complexity index is 929. The van der Waals surface area contributed by atoms with Crippen LogP contribution >= 0.6 is 0 Å². The van der Waals surface area contributed by atoms with Gasteiger partial charge in [0.2, 0.25) is 12.7 Å². The number of hydrogen-bond donors (Lipinski definition) is 2. The fraction of sp³-hybridized carbons (Fsp3) is 0.158. The fourth-order valence-electron chi connectivity index (χ4n) is 2.61. The first-order valence-corrected chi connectivity index (χ1v) is 8.13.